The summed E-state index contributed by atoms with van der Waals surface area (Å²) >= 11 is 0. The monoisotopic (exact) mass is 572 g/mol. The summed E-state index contributed by atoms with van der Waals surface area (Å²) in [4.78, 5) is 31.0. The Morgan fingerprint density at radius 3 is 2.40 bits per heavy atom. The Morgan fingerprint density at radius 2 is 1.76 bits per heavy atom. The van der Waals surface area contributed by atoms with Gasteiger partial charge in [-0.25, -0.2) is 4.79 Å². The van der Waals surface area contributed by atoms with E-state index in [4.69, 9.17) is 9.47 Å². The molecule has 1 atom stereocenters. The first kappa shape index (κ1) is 29.7. The molecule has 42 heavy (non-hydrogen) atoms. The molecule has 1 N–H and O–H groups in total. The first-order chi connectivity index (χ1) is 19.9. The van der Waals surface area contributed by atoms with E-state index in [0.717, 1.165) is 60.4 Å². The zero-order valence-electron chi connectivity index (χ0n) is 25.8. The van der Waals surface area contributed by atoms with Crippen LogP contribution < -0.4 is 9.64 Å². The maximum atomic E-state index is 13.9. The molecule has 0 bridgehead atoms. The number of benzene rings is 2. The van der Waals surface area contributed by atoms with Gasteiger partial charge in [-0.15, -0.1) is 0 Å². The van der Waals surface area contributed by atoms with Crippen LogP contribution in [0.2, 0.25) is 0 Å². The van der Waals surface area contributed by atoms with Gasteiger partial charge < -0.3 is 19.3 Å². The average Bonchev–Trinajstić information content (AvgIpc) is 3.70. The van der Waals surface area contributed by atoms with Crippen molar-refractivity contribution in [1.82, 2.24) is 15.1 Å². The number of rotatable bonds is 9. The number of anilines is 1. The molecule has 1 saturated heterocycles. The summed E-state index contributed by atoms with van der Waals surface area (Å²) in [6.45, 7) is 13.1. The van der Waals surface area contributed by atoms with Gasteiger partial charge in [0.05, 0.1) is 17.3 Å². The predicted octanol–water partition coefficient (Wildman–Crippen LogP) is 6.29. The molecule has 5 rings (SSSR count). The van der Waals surface area contributed by atoms with Gasteiger partial charge in [-0.1, -0.05) is 30.3 Å². The first-order valence-electron chi connectivity index (χ1n) is 15.1. The van der Waals surface area contributed by atoms with Crippen LogP contribution in [0.3, 0.4) is 0 Å². The number of H-pyrrole nitrogens is 1. The number of piperidine rings is 1. The van der Waals surface area contributed by atoms with Gasteiger partial charge in [0, 0.05) is 37.4 Å². The van der Waals surface area contributed by atoms with E-state index in [1.165, 1.54) is 0 Å². The van der Waals surface area contributed by atoms with Crippen LogP contribution in [0.25, 0.3) is 11.3 Å². The second-order valence-corrected chi connectivity index (χ2v) is 13.2. The topological polar surface area (TPSA) is 87.8 Å². The number of hydrogen-bond donors (Lipinski definition) is 1. The Kier molecular flexibility index (Phi) is 8.35. The van der Waals surface area contributed by atoms with Crippen molar-refractivity contribution in [3.8, 4) is 17.0 Å². The molecule has 1 amide bonds. The highest BCUT2D eigenvalue weighted by Gasteiger charge is 2.38. The first-order valence-corrected chi connectivity index (χ1v) is 15.1. The lowest BCUT2D eigenvalue weighted by Gasteiger charge is -2.37. The van der Waals surface area contributed by atoms with E-state index in [1.807, 2.05) is 58.0 Å². The SMILES string of the molecule is Cc1cc(-c2ccc(CN(C(=O)C3CCCN(c4cccc(OC(C)(C)C(=O)OC(C)(C)C)c4)C3)C3CC3)cc2)[nH]n1. The predicted molar refractivity (Wildman–Crippen MR) is 164 cm³/mol. The maximum Gasteiger partial charge on any atom is 0.350 e. The van der Waals surface area contributed by atoms with E-state index < -0.39 is 17.2 Å². The standard InChI is InChI=1S/C34H44N4O4/c1-23-19-30(36-35-23)25-14-12-24(13-15-25)21-38(27-16-17-27)31(39)26-9-8-18-37(22-26)28-10-7-11-29(20-28)41-34(5,6)32(40)42-33(2,3)4/h7,10-15,19-20,26-27H,8-9,16-18,21-22H2,1-6H3,(H,35,36). The second-order valence-electron chi connectivity index (χ2n) is 13.2. The molecule has 8 nitrogen and oxygen atoms in total. The number of aryl methyl sites for hydroxylation is 1. The van der Waals surface area contributed by atoms with E-state index >= 15 is 0 Å². The van der Waals surface area contributed by atoms with E-state index in [1.54, 1.807) is 13.8 Å². The van der Waals surface area contributed by atoms with E-state index in [9.17, 15) is 9.59 Å². The number of ether oxygens (including phenoxy) is 2. The molecule has 2 aliphatic rings. The molecule has 1 saturated carbocycles. The van der Waals surface area contributed by atoms with Gasteiger partial charge in [0.1, 0.15) is 11.4 Å². The number of aromatic amines is 1. The number of amides is 1. The van der Waals surface area contributed by atoms with Crippen LogP contribution in [0.1, 0.15) is 71.6 Å². The van der Waals surface area contributed by atoms with Crippen LogP contribution in [-0.4, -0.2) is 57.3 Å². The molecule has 1 unspecified atom stereocenters. The summed E-state index contributed by atoms with van der Waals surface area (Å²) in [5.74, 6) is 0.378. The number of aromatic nitrogens is 2. The Hall–Kier alpha value is -3.81. The van der Waals surface area contributed by atoms with Gasteiger partial charge in [0.15, 0.2) is 5.60 Å². The van der Waals surface area contributed by atoms with Crippen LogP contribution in [0, 0.1) is 12.8 Å². The highest BCUT2D eigenvalue weighted by molar-refractivity contribution is 5.81. The van der Waals surface area contributed by atoms with Crippen LogP contribution in [0.4, 0.5) is 5.69 Å². The summed E-state index contributed by atoms with van der Waals surface area (Å²) in [7, 11) is 0. The number of carbonyl (C=O) groups excluding carboxylic acids is 2. The number of nitrogens with zero attached hydrogens (tertiary/aromatic N) is 3. The Labute approximate surface area is 249 Å². The van der Waals surface area contributed by atoms with Gasteiger partial charge in [0.25, 0.3) is 0 Å². The third kappa shape index (κ3) is 7.33. The number of hydrogen-bond acceptors (Lipinski definition) is 6. The lowest BCUT2D eigenvalue weighted by molar-refractivity contribution is -0.170. The van der Waals surface area contributed by atoms with Crippen LogP contribution >= 0.6 is 0 Å². The molecule has 2 heterocycles. The number of esters is 1. The molecule has 1 aliphatic heterocycles. The highest BCUT2D eigenvalue weighted by Crippen LogP contribution is 2.34. The largest absolute Gasteiger partial charge is 0.476 e. The minimum atomic E-state index is -1.13. The van der Waals surface area contributed by atoms with Crippen LogP contribution in [0.15, 0.2) is 54.6 Å². The van der Waals surface area contributed by atoms with Crippen molar-refractivity contribution in [2.24, 2.45) is 5.92 Å². The summed E-state index contributed by atoms with van der Waals surface area (Å²) in [6, 6.07) is 18.6. The quantitative estimate of drug-likeness (QED) is 0.303. The molecule has 2 fully saturated rings. The molecule has 8 heteroatoms. The highest BCUT2D eigenvalue weighted by atomic mass is 16.6. The fraction of sp³-hybridized carbons (Fsp3) is 0.500. The molecular formula is C34H44N4O4. The number of carbonyl (C=O) groups is 2. The van der Waals surface area contributed by atoms with Gasteiger partial charge >= 0.3 is 5.97 Å². The molecule has 1 aromatic heterocycles. The van der Waals surface area contributed by atoms with Crippen molar-refractivity contribution in [1.29, 1.82) is 0 Å². The molecule has 1 aliphatic carbocycles. The van der Waals surface area contributed by atoms with Crippen LogP contribution in [0.5, 0.6) is 5.75 Å². The summed E-state index contributed by atoms with van der Waals surface area (Å²) in [6.07, 6.45) is 3.97. The minimum absolute atomic E-state index is 0.0608. The van der Waals surface area contributed by atoms with Gasteiger partial charge in [-0.3, -0.25) is 9.89 Å². The molecule has 224 valence electrons. The number of nitrogens with one attached hydrogen (secondary N) is 1. The van der Waals surface area contributed by atoms with E-state index in [0.29, 0.717) is 24.9 Å². The van der Waals surface area contributed by atoms with Crippen molar-refractivity contribution in [2.45, 2.75) is 91.0 Å². The Morgan fingerprint density at radius 1 is 1.02 bits per heavy atom. The van der Waals surface area contributed by atoms with E-state index in [-0.39, 0.29) is 11.8 Å². The molecular weight excluding hydrogens is 528 g/mol. The lowest BCUT2D eigenvalue weighted by Crippen LogP contribution is -2.45. The molecule has 2 aromatic carbocycles. The third-order valence-electron chi connectivity index (χ3n) is 7.81. The van der Waals surface area contributed by atoms with Crippen molar-refractivity contribution in [2.75, 3.05) is 18.0 Å². The normalized spacial score (nSPS) is 17.6. The van der Waals surface area contributed by atoms with Crippen molar-refractivity contribution < 1.29 is 19.1 Å². The third-order valence-corrected chi connectivity index (χ3v) is 7.81. The van der Waals surface area contributed by atoms with E-state index in [2.05, 4.69) is 44.3 Å². The van der Waals surface area contributed by atoms with Crippen molar-refractivity contribution >= 4 is 17.6 Å². The smallest absolute Gasteiger partial charge is 0.350 e. The van der Waals surface area contributed by atoms with Crippen molar-refractivity contribution in [3.05, 3.63) is 65.9 Å². The van der Waals surface area contributed by atoms with Gasteiger partial charge in [-0.05, 0) is 96.6 Å². The molecule has 0 spiro atoms. The van der Waals surface area contributed by atoms with Gasteiger partial charge in [0.2, 0.25) is 5.91 Å². The lowest BCUT2D eigenvalue weighted by atomic mass is 9.95. The van der Waals surface area contributed by atoms with Crippen LogP contribution in [-0.2, 0) is 20.9 Å². The molecule has 3 aromatic rings. The Balaban J connectivity index is 1.24. The maximum absolute atomic E-state index is 13.9. The fourth-order valence-electron chi connectivity index (χ4n) is 5.46. The zero-order valence-corrected chi connectivity index (χ0v) is 25.8. The summed E-state index contributed by atoms with van der Waals surface area (Å²) < 4.78 is 11.7. The summed E-state index contributed by atoms with van der Waals surface area (Å²) in [5.41, 5.74) is 3.46. The zero-order chi connectivity index (χ0) is 30.1. The minimum Gasteiger partial charge on any atom is -0.476 e. The fourth-order valence-corrected chi connectivity index (χ4v) is 5.46. The van der Waals surface area contributed by atoms with Gasteiger partial charge in [-0.2, -0.15) is 5.10 Å². The molecule has 0 radical (unpaired) electrons. The second kappa shape index (κ2) is 11.8. The van der Waals surface area contributed by atoms with Crippen molar-refractivity contribution in [3.63, 3.8) is 0 Å². The Bertz CT molecular complexity index is 1400. The summed E-state index contributed by atoms with van der Waals surface area (Å²) in [5, 5.41) is 7.30. The average molecular weight is 573 g/mol.